The van der Waals surface area contributed by atoms with Gasteiger partial charge in [-0.15, -0.1) is 0 Å². The van der Waals surface area contributed by atoms with Crippen LogP contribution in [0.4, 0.5) is 4.79 Å². The Morgan fingerprint density at radius 2 is 2.00 bits per heavy atom. The maximum absolute atomic E-state index is 12.5. The lowest BCUT2D eigenvalue weighted by Crippen LogP contribution is -2.58. The molecule has 2 aliphatic rings. The van der Waals surface area contributed by atoms with Crippen LogP contribution in [0.1, 0.15) is 18.4 Å². The number of nitrogens with zero attached hydrogens (tertiary/aromatic N) is 3. The zero-order chi connectivity index (χ0) is 18.8. The molecule has 2 atom stereocenters. The summed E-state index contributed by atoms with van der Waals surface area (Å²) in [6.45, 7) is 0.901. The summed E-state index contributed by atoms with van der Waals surface area (Å²) in [7, 11) is 2.99. The normalized spacial score (nSPS) is 23.7. The highest BCUT2D eigenvalue weighted by atomic mass is 16.5. The molecule has 3 rings (SSSR count). The Kier molecular flexibility index (Phi) is 5.10. The first-order valence-corrected chi connectivity index (χ1v) is 8.38. The summed E-state index contributed by atoms with van der Waals surface area (Å²) in [5.41, 5.74) is 2.56. The van der Waals surface area contributed by atoms with E-state index in [1.54, 1.807) is 17.5 Å². The molecule has 26 heavy (non-hydrogen) atoms. The number of benzene rings is 1. The topological polar surface area (TPSA) is 102 Å². The van der Waals surface area contributed by atoms with Gasteiger partial charge in [0.15, 0.2) is 6.17 Å². The number of hydroxylamine groups is 1. The van der Waals surface area contributed by atoms with E-state index in [0.29, 0.717) is 25.9 Å². The molecule has 1 aromatic carbocycles. The molecule has 9 nitrogen and oxygen atoms in total. The lowest BCUT2D eigenvalue weighted by atomic mass is 10.1. The molecule has 2 heterocycles. The number of nitrogens with one attached hydrogen (secondary N) is 1. The van der Waals surface area contributed by atoms with Gasteiger partial charge in [-0.3, -0.25) is 29.5 Å². The molecule has 2 unspecified atom stereocenters. The Morgan fingerprint density at radius 3 is 2.62 bits per heavy atom. The van der Waals surface area contributed by atoms with Gasteiger partial charge in [-0.05, 0) is 30.5 Å². The molecule has 2 saturated heterocycles. The van der Waals surface area contributed by atoms with Crippen molar-refractivity contribution < 1.29 is 24.3 Å². The van der Waals surface area contributed by atoms with E-state index in [9.17, 15) is 19.6 Å². The van der Waals surface area contributed by atoms with Crippen LogP contribution < -0.4 is 10.2 Å². The molecule has 0 bridgehead atoms. The van der Waals surface area contributed by atoms with Crippen molar-refractivity contribution in [2.75, 3.05) is 20.7 Å². The van der Waals surface area contributed by atoms with Crippen molar-refractivity contribution in [2.45, 2.75) is 31.6 Å². The number of ether oxygens (including phenoxy) is 1. The fraction of sp³-hybridized carbons (Fsp3) is 0.471. The van der Waals surface area contributed by atoms with Gasteiger partial charge in [0, 0.05) is 20.1 Å². The lowest BCUT2D eigenvalue weighted by Gasteiger charge is -2.35. The van der Waals surface area contributed by atoms with Crippen molar-refractivity contribution in [3.63, 3.8) is 0 Å². The summed E-state index contributed by atoms with van der Waals surface area (Å²) < 4.78 is 5.14. The van der Waals surface area contributed by atoms with Crippen LogP contribution in [0, 0.1) is 0 Å². The second-order valence-electron chi connectivity index (χ2n) is 6.41. The maximum atomic E-state index is 12.5. The number of hydrogen-bond acceptors (Lipinski definition) is 6. The maximum Gasteiger partial charge on any atom is 0.328 e. The molecular formula is C17H22N4O5. The molecule has 2 aliphatic heterocycles. The monoisotopic (exact) mass is 362 g/mol. The summed E-state index contributed by atoms with van der Waals surface area (Å²) in [6, 6.07) is 6.16. The van der Waals surface area contributed by atoms with Crippen molar-refractivity contribution in [1.82, 2.24) is 20.2 Å². The smallest absolute Gasteiger partial charge is 0.328 e. The molecular weight excluding hydrogens is 340 g/mol. The fourth-order valence-electron chi connectivity index (χ4n) is 3.55. The minimum absolute atomic E-state index is 0.322. The average Bonchev–Trinajstić information content (AvgIpc) is 2.81. The Hall–Kier alpha value is -2.65. The highest BCUT2D eigenvalue weighted by Crippen LogP contribution is 2.29. The van der Waals surface area contributed by atoms with Gasteiger partial charge in [-0.1, -0.05) is 12.1 Å². The molecule has 0 spiro atoms. The molecule has 4 amide bonds. The van der Waals surface area contributed by atoms with Gasteiger partial charge < -0.3 is 4.74 Å². The van der Waals surface area contributed by atoms with Crippen LogP contribution in [0.3, 0.4) is 0 Å². The number of amides is 4. The Balaban J connectivity index is 1.91. The fourth-order valence-corrected chi connectivity index (χ4v) is 3.55. The first kappa shape index (κ1) is 18.2. The third-order valence-electron chi connectivity index (χ3n) is 4.88. The van der Waals surface area contributed by atoms with Gasteiger partial charge >= 0.3 is 6.03 Å². The highest BCUT2D eigenvalue weighted by Gasteiger charge is 2.51. The summed E-state index contributed by atoms with van der Waals surface area (Å²) in [6.07, 6.45) is 0.0683. The minimum Gasteiger partial charge on any atom is -0.497 e. The number of carbonyl (C=O) groups excluding carboxylic acids is 3. The predicted molar refractivity (Wildman–Crippen MR) is 90.1 cm³/mol. The van der Waals surface area contributed by atoms with E-state index in [1.807, 2.05) is 24.3 Å². The second kappa shape index (κ2) is 7.30. The van der Waals surface area contributed by atoms with E-state index in [-0.39, 0.29) is 5.91 Å². The first-order chi connectivity index (χ1) is 12.5. The van der Waals surface area contributed by atoms with E-state index < -0.39 is 24.1 Å². The van der Waals surface area contributed by atoms with E-state index in [1.165, 1.54) is 11.9 Å². The summed E-state index contributed by atoms with van der Waals surface area (Å²) in [5.74, 6) is -0.338. The van der Waals surface area contributed by atoms with Gasteiger partial charge in [0.25, 0.3) is 11.8 Å². The predicted octanol–water partition coefficient (Wildman–Crippen LogP) is 0.385. The Labute approximate surface area is 151 Å². The molecule has 0 radical (unpaired) electrons. The molecule has 2 fully saturated rings. The summed E-state index contributed by atoms with van der Waals surface area (Å²) in [5, 5.41) is 9.19. The number of rotatable bonds is 4. The standard InChI is InChI=1S/C17H22N4O5/c1-19-16(23)13-4-3-9-20(10-11-5-7-12(26-2)8-6-11)15(14(22)18-25)21(13)17(19)24/h5-8,13,15,25H,3-4,9-10H2,1-2H3,(H,18,22). The third-order valence-corrected chi connectivity index (χ3v) is 4.88. The van der Waals surface area contributed by atoms with Crippen molar-refractivity contribution >= 4 is 17.8 Å². The zero-order valence-electron chi connectivity index (χ0n) is 14.7. The van der Waals surface area contributed by atoms with Crippen molar-refractivity contribution in [2.24, 2.45) is 0 Å². The third kappa shape index (κ3) is 3.11. The number of methoxy groups -OCH3 is 1. The van der Waals surface area contributed by atoms with Crippen LogP contribution >= 0.6 is 0 Å². The molecule has 9 heteroatoms. The zero-order valence-corrected chi connectivity index (χ0v) is 14.7. The van der Waals surface area contributed by atoms with Crippen molar-refractivity contribution in [3.8, 4) is 5.75 Å². The SMILES string of the molecule is COc1ccc(CN2CCCC3C(=O)N(C)C(=O)N3C2C(=O)NO)cc1. The molecule has 2 N–H and O–H groups in total. The molecule has 0 aromatic heterocycles. The van der Waals surface area contributed by atoms with Crippen LogP contribution in [0.2, 0.25) is 0 Å². The second-order valence-corrected chi connectivity index (χ2v) is 6.41. The van der Waals surface area contributed by atoms with Crippen LogP contribution in [0.5, 0.6) is 5.75 Å². The van der Waals surface area contributed by atoms with Crippen molar-refractivity contribution in [1.29, 1.82) is 0 Å². The number of imide groups is 1. The van der Waals surface area contributed by atoms with Crippen LogP contribution in [0.25, 0.3) is 0 Å². The quantitative estimate of drug-likeness (QED) is 0.456. The number of urea groups is 1. The Morgan fingerprint density at radius 1 is 1.31 bits per heavy atom. The van der Waals surface area contributed by atoms with E-state index in [4.69, 9.17) is 4.74 Å². The number of hydrogen-bond donors (Lipinski definition) is 2. The van der Waals surface area contributed by atoms with E-state index in [0.717, 1.165) is 16.2 Å². The summed E-state index contributed by atoms with van der Waals surface area (Å²) in [4.78, 5) is 41.3. The van der Waals surface area contributed by atoms with E-state index >= 15 is 0 Å². The van der Waals surface area contributed by atoms with Crippen LogP contribution in [0.15, 0.2) is 24.3 Å². The molecule has 0 saturated carbocycles. The average molecular weight is 362 g/mol. The largest absolute Gasteiger partial charge is 0.497 e. The number of carbonyl (C=O) groups is 3. The minimum atomic E-state index is -1.06. The lowest BCUT2D eigenvalue weighted by molar-refractivity contribution is -0.141. The van der Waals surface area contributed by atoms with Crippen LogP contribution in [-0.4, -0.2) is 70.7 Å². The summed E-state index contributed by atoms with van der Waals surface area (Å²) >= 11 is 0. The highest BCUT2D eigenvalue weighted by molar-refractivity contribution is 6.05. The molecule has 140 valence electrons. The van der Waals surface area contributed by atoms with Gasteiger partial charge in [0.2, 0.25) is 0 Å². The van der Waals surface area contributed by atoms with Gasteiger partial charge in [0.1, 0.15) is 11.8 Å². The number of likely N-dealkylation sites (N-methyl/N-ethyl adjacent to an activating group) is 1. The van der Waals surface area contributed by atoms with E-state index in [2.05, 4.69) is 0 Å². The molecule has 0 aliphatic carbocycles. The van der Waals surface area contributed by atoms with Crippen LogP contribution in [-0.2, 0) is 16.1 Å². The Bertz CT molecular complexity index is 708. The molecule has 1 aromatic rings. The van der Waals surface area contributed by atoms with Gasteiger partial charge in [-0.25, -0.2) is 10.3 Å². The van der Waals surface area contributed by atoms with Gasteiger partial charge in [0.05, 0.1) is 7.11 Å². The van der Waals surface area contributed by atoms with Gasteiger partial charge in [-0.2, -0.15) is 0 Å². The van der Waals surface area contributed by atoms with Crippen molar-refractivity contribution in [3.05, 3.63) is 29.8 Å². The first-order valence-electron chi connectivity index (χ1n) is 8.38. The number of fused-ring (bicyclic) bond motifs is 1.